The van der Waals surface area contributed by atoms with E-state index < -0.39 is 22.4 Å². The fourth-order valence-corrected chi connectivity index (χ4v) is 14.0. The van der Waals surface area contributed by atoms with Crippen molar-refractivity contribution in [2.24, 2.45) is 50.2 Å². The molecule has 0 unspecified atom stereocenters. The standard InChI is InChI=1S/C48H82O4/c1-9-10-11-12-13-14-15-16-17-18-19-20-21-22-23-24-40(49)48(52)34-30-44(6)38(43(48,4)5)27-28-46(8)39(44)26-25-36-37-35-42(2,3)29-32-47(37,41(50)51)33-31-45(36,46)7/h25,37-39,52H,9-24,26-35H2,1-8H3,(H,50,51)/t37-,38-,39+,44-,45+,46+,47-,48+/m0/s1. The predicted molar refractivity (Wildman–Crippen MR) is 216 cm³/mol. The van der Waals surface area contributed by atoms with Crippen LogP contribution in [-0.2, 0) is 9.59 Å². The predicted octanol–water partition coefficient (Wildman–Crippen LogP) is 13.4. The molecule has 0 heterocycles. The number of Topliss-reactive ketones (excluding diaryl/α,β-unsaturated/α-hetero) is 1. The number of fused-ring (bicyclic) bond motifs is 7. The minimum absolute atomic E-state index is 0.0117. The molecule has 8 atom stereocenters. The summed E-state index contributed by atoms with van der Waals surface area (Å²) < 4.78 is 0. The zero-order valence-electron chi connectivity index (χ0n) is 35.4. The molecule has 0 spiro atoms. The third-order valence-electron chi connectivity index (χ3n) is 17.8. The largest absolute Gasteiger partial charge is 0.481 e. The Bertz CT molecular complexity index is 1280. The maximum absolute atomic E-state index is 14.0. The van der Waals surface area contributed by atoms with Gasteiger partial charge in [0.25, 0.3) is 0 Å². The highest BCUT2D eigenvalue weighted by Gasteiger charge is 2.71. The topological polar surface area (TPSA) is 74.6 Å². The van der Waals surface area contributed by atoms with Gasteiger partial charge in [-0.3, -0.25) is 9.59 Å². The van der Waals surface area contributed by atoms with E-state index in [4.69, 9.17) is 0 Å². The number of carboxylic acid groups (broad SMARTS) is 1. The van der Waals surface area contributed by atoms with Gasteiger partial charge in [0.1, 0.15) is 5.60 Å². The van der Waals surface area contributed by atoms with Crippen LogP contribution in [0.3, 0.4) is 0 Å². The van der Waals surface area contributed by atoms with Crippen molar-refractivity contribution in [3.05, 3.63) is 11.6 Å². The average Bonchev–Trinajstić information content (AvgIpc) is 3.08. The summed E-state index contributed by atoms with van der Waals surface area (Å²) in [5.74, 6) is 0.409. The van der Waals surface area contributed by atoms with Gasteiger partial charge in [-0.1, -0.05) is 157 Å². The Morgan fingerprint density at radius 1 is 0.673 bits per heavy atom. The van der Waals surface area contributed by atoms with E-state index in [1.54, 1.807) is 0 Å². The van der Waals surface area contributed by atoms with Crippen LogP contribution in [0.2, 0.25) is 0 Å². The lowest BCUT2D eigenvalue weighted by molar-refractivity contribution is -0.231. The van der Waals surface area contributed by atoms with Gasteiger partial charge in [-0.15, -0.1) is 0 Å². The zero-order chi connectivity index (χ0) is 38.1. The van der Waals surface area contributed by atoms with Crippen LogP contribution in [-0.4, -0.2) is 27.6 Å². The molecule has 0 aliphatic heterocycles. The van der Waals surface area contributed by atoms with Gasteiger partial charge >= 0.3 is 5.97 Å². The van der Waals surface area contributed by atoms with Crippen LogP contribution in [0.1, 0.15) is 222 Å². The van der Waals surface area contributed by atoms with Gasteiger partial charge in [0.15, 0.2) is 5.78 Å². The molecule has 0 aromatic rings. The van der Waals surface area contributed by atoms with E-state index >= 15 is 0 Å². The van der Waals surface area contributed by atoms with E-state index in [1.807, 2.05) is 0 Å². The lowest BCUT2D eigenvalue weighted by atomic mass is 9.32. The molecule has 5 aliphatic carbocycles. The number of rotatable bonds is 18. The third kappa shape index (κ3) is 7.41. The average molecular weight is 723 g/mol. The highest BCUT2D eigenvalue weighted by atomic mass is 16.4. The highest BCUT2D eigenvalue weighted by molar-refractivity contribution is 5.88. The molecule has 0 amide bonds. The molecule has 0 saturated heterocycles. The van der Waals surface area contributed by atoms with Crippen molar-refractivity contribution in [1.82, 2.24) is 0 Å². The second kappa shape index (κ2) is 16.1. The molecule has 4 fully saturated rings. The van der Waals surface area contributed by atoms with Crippen LogP contribution in [0.4, 0.5) is 0 Å². The Balaban J connectivity index is 1.15. The lowest BCUT2D eigenvalue weighted by Gasteiger charge is -2.72. The van der Waals surface area contributed by atoms with Crippen molar-refractivity contribution < 1.29 is 19.8 Å². The first kappa shape index (κ1) is 42.0. The number of hydrogen-bond donors (Lipinski definition) is 2. The van der Waals surface area contributed by atoms with E-state index in [1.165, 1.54) is 89.0 Å². The number of carbonyl (C=O) groups is 2. The zero-order valence-corrected chi connectivity index (χ0v) is 35.4. The van der Waals surface area contributed by atoms with Gasteiger partial charge in [0.05, 0.1) is 5.41 Å². The second-order valence-corrected chi connectivity index (χ2v) is 21.4. The molecule has 0 aromatic heterocycles. The first-order valence-corrected chi connectivity index (χ1v) is 22.6. The van der Waals surface area contributed by atoms with Crippen LogP contribution in [0.5, 0.6) is 0 Å². The smallest absolute Gasteiger partial charge is 0.310 e. The fraction of sp³-hybridized carbons (Fsp3) is 0.917. The summed E-state index contributed by atoms with van der Waals surface area (Å²) in [6.45, 7) is 19.0. The fourth-order valence-electron chi connectivity index (χ4n) is 14.0. The maximum atomic E-state index is 14.0. The van der Waals surface area contributed by atoms with Gasteiger partial charge < -0.3 is 10.2 Å². The maximum Gasteiger partial charge on any atom is 0.310 e. The number of carboxylic acids is 1. The van der Waals surface area contributed by atoms with E-state index in [2.05, 4.69) is 61.5 Å². The van der Waals surface area contributed by atoms with Gasteiger partial charge in [-0.25, -0.2) is 0 Å². The first-order valence-electron chi connectivity index (χ1n) is 22.6. The molecule has 4 heteroatoms. The van der Waals surface area contributed by atoms with Crippen LogP contribution >= 0.6 is 0 Å². The quantitative estimate of drug-likeness (QED) is 0.109. The normalized spacial score (nSPS) is 39.0. The molecule has 4 nitrogen and oxygen atoms in total. The van der Waals surface area contributed by atoms with Gasteiger partial charge in [-0.2, -0.15) is 0 Å². The molecule has 5 aliphatic rings. The summed E-state index contributed by atoms with van der Waals surface area (Å²) in [6.07, 6.45) is 31.9. The van der Waals surface area contributed by atoms with Gasteiger partial charge in [-0.05, 0) is 110 Å². The molecule has 0 radical (unpaired) electrons. The number of unbranched alkanes of at least 4 members (excludes halogenated alkanes) is 14. The number of aliphatic carboxylic acids is 1. The number of hydrogen-bond acceptors (Lipinski definition) is 3. The Labute approximate surface area is 320 Å². The monoisotopic (exact) mass is 723 g/mol. The minimum atomic E-state index is -1.25. The number of carbonyl (C=O) groups excluding carboxylic acids is 1. The Morgan fingerprint density at radius 3 is 1.77 bits per heavy atom. The molecular weight excluding hydrogens is 641 g/mol. The van der Waals surface area contributed by atoms with Gasteiger partial charge in [0.2, 0.25) is 0 Å². The van der Waals surface area contributed by atoms with Crippen molar-refractivity contribution in [2.45, 2.75) is 228 Å². The van der Waals surface area contributed by atoms with Crippen LogP contribution in [0.25, 0.3) is 0 Å². The number of aliphatic hydroxyl groups is 1. The van der Waals surface area contributed by atoms with E-state index in [-0.39, 0.29) is 39.3 Å². The summed E-state index contributed by atoms with van der Waals surface area (Å²) in [6, 6.07) is 0. The second-order valence-electron chi connectivity index (χ2n) is 21.4. The van der Waals surface area contributed by atoms with Crippen molar-refractivity contribution in [2.75, 3.05) is 0 Å². The molecule has 0 bridgehead atoms. The summed E-state index contributed by atoms with van der Waals surface area (Å²) in [5.41, 5.74) is -0.587. The third-order valence-corrected chi connectivity index (χ3v) is 17.8. The van der Waals surface area contributed by atoms with Crippen LogP contribution in [0, 0.1) is 50.2 Å². The Hall–Kier alpha value is -1.16. The van der Waals surface area contributed by atoms with E-state index in [0.29, 0.717) is 18.8 Å². The summed E-state index contributed by atoms with van der Waals surface area (Å²) in [7, 11) is 0. The van der Waals surface area contributed by atoms with Crippen molar-refractivity contribution in [1.29, 1.82) is 0 Å². The molecule has 298 valence electrons. The first-order chi connectivity index (χ1) is 24.5. The molecule has 5 rings (SSSR count). The molecule has 0 aromatic carbocycles. The van der Waals surface area contributed by atoms with Crippen molar-refractivity contribution in [3.8, 4) is 0 Å². The Morgan fingerprint density at radius 2 is 1.21 bits per heavy atom. The SMILES string of the molecule is CCCCCCCCCCCCCCCCCC(=O)[C@]1(O)CC[C@]2(C)[C@H]3CC=C4[C@@H]5CC(C)(C)CC[C@]5(C(=O)O)CC[C@@]4(C)[C@]3(C)CC[C@H]2C1(C)C. The highest BCUT2D eigenvalue weighted by Crippen LogP contribution is 2.76. The van der Waals surface area contributed by atoms with E-state index in [0.717, 1.165) is 70.6 Å². The van der Waals surface area contributed by atoms with Crippen molar-refractivity contribution >= 4 is 11.8 Å². The summed E-state index contributed by atoms with van der Waals surface area (Å²) in [4.78, 5) is 27.0. The molecule has 2 N–H and O–H groups in total. The molecule has 4 saturated carbocycles. The minimum Gasteiger partial charge on any atom is -0.481 e. The summed E-state index contributed by atoms with van der Waals surface area (Å²) >= 11 is 0. The molecular formula is C48H82O4. The van der Waals surface area contributed by atoms with Gasteiger partial charge in [0, 0.05) is 11.8 Å². The summed E-state index contributed by atoms with van der Waals surface area (Å²) in [5, 5.41) is 23.1. The number of ketones is 1. The van der Waals surface area contributed by atoms with E-state index in [9.17, 15) is 19.8 Å². The lowest BCUT2D eigenvalue weighted by Crippen LogP contribution is -2.68. The Kier molecular flexibility index (Phi) is 13.0. The van der Waals surface area contributed by atoms with Crippen LogP contribution in [0.15, 0.2) is 11.6 Å². The molecule has 52 heavy (non-hydrogen) atoms. The number of allylic oxidation sites excluding steroid dienone is 2. The van der Waals surface area contributed by atoms with Crippen molar-refractivity contribution in [3.63, 3.8) is 0 Å². The van der Waals surface area contributed by atoms with Crippen LogP contribution < -0.4 is 0 Å².